The summed E-state index contributed by atoms with van der Waals surface area (Å²) in [7, 11) is 0. The average molecular weight is 1290 g/mol. The van der Waals surface area contributed by atoms with Crippen LogP contribution in [0.3, 0.4) is 0 Å². The van der Waals surface area contributed by atoms with Crippen LogP contribution in [0.2, 0.25) is 0 Å². The Bertz CT molecular complexity index is 3350. The molecule has 0 radical (unpaired) electrons. The second-order valence-corrected chi connectivity index (χ2v) is 30.6. The predicted molar refractivity (Wildman–Crippen MR) is 360 cm³/mol. The molecule has 11 rings (SSSR count). The van der Waals surface area contributed by atoms with Crippen LogP contribution in [-0.4, -0.2) is 5.11 Å². The number of hydrogen-bond donors (Lipinski definition) is 1. The molecule has 412 valence electrons. The van der Waals surface area contributed by atoms with Gasteiger partial charge in [-0.1, -0.05) is 202 Å². The van der Waals surface area contributed by atoms with Gasteiger partial charge >= 0.3 is 0 Å². The highest BCUT2D eigenvalue weighted by Gasteiger charge is 2.50. The van der Waals surface area contributed by atoms with Crippen molar-refractivity contribution in [1.82, 2.24) is 0 Å². The van der Waals surface area contributed by atoms with Gasteiger partial charge < -0.3 is 5.11 Å². The van der Waals surface area contributed by atoms with Gasteiger partial charge in [-0.05, 0) is 174 Å². The van der Waals surface area contributed by atoms with E-state index in [0.29, 0.717) is 0 Å². The molecule has 0 amide bonds. The summed E-state index contributed by atoms with van der Waals surface area (Å²) < 4.78 is 7.88. The number of thiophene rings is 6. The van der Waals surface area contributed by atoms with Crippen LogP contribution in [0.15, 0.2) is 146 Å². The first-order valence-electron chi connectivity index (χ1n) is 29.4. The Balaban J connectivity index is 0.000000178. The minimum absolute atomic E-state index is 0.308. The lowest BCUT2D eigenvalue weighted by molar-refractivity contribution is 0.126. The second-order valence-electron chi connectivity index (χ2n) is 21.8. The Hall–Kier alpha value is -3.48. The van der Waals surface area contributed by atoms with Crippen molar-refractivity contribution in [2.45, 2.75) is 167 Å². The molecule has 6 heterocycles. The molecule has 1 nitrogen and oxygen atoms in total. The molecule has 10 aromatic rings. The molecule has 0 saturated carbocycles. The lowest BCUT2D eigenvalue weighted by atomic mass is 9.68. The van der Waals surface area contributed by atoms with E-state index in [9.17, 15) is 5.11 Å². The molecular formula is C70H76Br2OS6. The topological polar surface area (TPSA) is 20.2 Å². The Morgan fingerprint density at radius 2 is 0.886 bits per heavy atom. The fourth-order valence-corrected chi connectivity index (χ4v) is 20.2. The molecule has 0 unspecified atom stereocenters. The van der Waals surface area contributed by atoms with Crippen molar-refractivity contribution in [1.29, 1.82) is 0 Å². The standard InChI is InChI=1S/C35H36Br2S3.C35H40OS3/c1-3-5-7-9-11-23-13-17-25(18-14-23)35(26-19-15-24(16-20-26)12-10-8-6-4-2)27-21-29(36)39-32(27)34-31(35)33-28(38-34)22-30(37)40-33;1-3-5-7-9-11-26-13-17-28(18-14-26)35(36,29-19-15-27(16-20-29)12-10-8-6-4-2)30-21-23-38-34(30)33-25-32-31(39-33)22-24-37-32/h13-22H,3-12H2,1-2H3;13-25,36H,3-12H2,1-2H3. The third-order valence-corrected chi connectivity index (χ3v) is 24.1. The predicted octanol–water partition coefficient (Wildman–Crippen LogP) is 24.4. The molecule has 79 heavy (non-hydrogen) atoms. The van der Waals surface area contributed by atoms with Crippen molar-refractivity contribution >= 4 is 119 Å². The molecule has 0 bridgehead atoms. The SMILES string of the molecule is CCCCCCc1ccc(C(O)(c2ccc(CCCCCC)cc2)c2ccsc2-c2cc3sccc3s2)cc1.CCCCCCc1ccc(C2(c3ccc(CCCCCC)cc3)c3cc(Br)sc3-c3sc4cc(Br)sc4c32)cc1. The van der Waals surface area contributed by atoms with Gasteiger partial charge in [0.05, 0.1) is 32.3 Å². The van der Waals surface area contributed by atoms with Crippen LogP contribution in [0.1, 0.15) is 192 Å². The van der Waals surface area contributed by atoms with Crippen LogP contribution < -0.4 is 0 Å². The van der Waals surface area contributed by atoms with Crippen LogP contribution in [0, 0.1) is 0 Å². The number of hydrogen-bond acceptors (Lipinski definition) is 7. The van der Waals surface area contributed by atoms with Gasteiger partial charge in [-0.25, -0.2) is 0 Å². The highest BCUT2D eigenvalue weighted by atomic mass is 79.9. The van der Waals surface area contributed by atoms with Crippen LogP contribution in [0.5, 0.6) is 0 Å². The van der Waals surface area contributed by atoms with E-state index >= 15 is 0 Å². The highest BCUT2D eigenvalue weighted by molar-refractivity contribution is 9.11. The summed E-state index contributed by atoms with van der Waals surface area (Å²) in [6, 6.07) is 48.2. The summed E-state index contributed by atoms with van der Waals surface area (Å²) in [5, 5.41) is 17.1. The van der Waals surface area contributed by atoms with Gasteiger partial charge in [0.15, 0.2) is 0 Å². The molecule has 0 aliphatic heterocycles. The Kier molecular flexibility index (Phi) is 20.6. The first kappa shape index (κ1) is 58.7. The molecule has 0 saturated heterocycles. The number of aliphatic hydroxyl groups is 1. The summed E-state index contributed by atoms with van der Waals surface area (Å²) in [5.41, 5.74) is 12.6. The van der Waals surface area contributed by atoms with Crippen LogP contribution >= 0.6 is 99.9 Å². The van der Waals surface area contributed by atoms with Crippen molar-refractivity contribution in [2.24, 2.45) is 0 Å². The molecule has 9 heteroatoms. The van der Waals surface area contributed by atoms with E-state index in [1.54, 1.807) is 22.7 Å². The quantitative estimate of drug-likeness (QED) is 0.0536. The number of unbranched alkanes of at least 4 members (excludes halogenated alkanes) is 12. The fourth-order valence-electron chi connectivity index (χ4n) is 11.9. The molecule has 1 aliphatic rings. The molecule has 1 aliphatic carbocycles. The van der Waals surface area contributed by atoms with Crippen molar-refractivity contribution in [3.8, 4) is 19.5 Å². The number of halogens is 2. The maximum Gasteiger partial charge on any atom is 0.142 e. The van der Waals surface area contributed by atoms with Gasteiger partial charge in [0, 0.05) is 30.1 Å². The Morgan fingerprint density at radius 3 is 1.37 bits per heavy atom. The highest BCUT2D eigenvalue weighted by Crippen LogP contribution is 2.64. The summed E-state index contributed by atoms with van der Waals surface area (Å²) in [6.45, 7) is 9.08. The smallest absolute Gasteiger partial charge is 0.142 e. The van der Waals surface area contributed by atoms with Gasteiger partial charge in [-0.2, -0.15) is 0 Å². The van der Waals surface area contributed by atoms with Gasteiger partial charge in [0.2, 0.25) is 0 Å². The second kappa shape index (κ2) is 27.7. The monoisotopic (exact) mass is 1280 g/mol. The van der Waals surface area contributed by atoms with Crippen LogP contribution in [0.4, 0.5) is 0 Å². The summed E-state index contributed by atoms with van der Waals surface area (Å²) in [5.74, 6) is 0. The lowest BCUT2D eigenvalue weighted by Crippen LogP contribution is -2.29. The number of fused-ring (bicyclic) bond motifs is 6. The van der Waals surface area contributed by atoms with E-state index in [4.69, 9.17) is 0 Å². The summed E-state index contributed by atoms with van der Waals surface area (Å²) in [6.07, 6.45) is 25.1. The normalized spacial score (nSPS) is 12.8. The number of benzene rings is 4. The first-order chi connectivity index (χ1) is 38.7. The first-order valence-corrected chi connectivity index (χ1v) is 36.0. The van der Waals surface area contributed by atoms with E-state index < -0.39 is 5.60 Å². The molecule has 0 fully saturated rings. The van der Waals surface area contributed by atoms with Crippen molar-refractivity contribution in [2.75, 3.05) is 0 Å². The largest absolute Gasteiger partial charge is 0.376 e. The maximum absolute atomic E-state index is 12.8. The Morgan fingerprint density at radius 1 is 0.418 bits per heavy atom. The van der Waals surface area contributed by atoms with E-state index in [1.807, 2.05) is 45.3 Å². The zero-order valence-electron chi connectivity index (χ0n) is 46.6. The molecule has 4 aromatic carbocycles. The van der Waals surface area contributed by atoms with Gasteiger partial charge in [0.25, 0.3) is 0 Å². The fraction of sp³-hybridized carbons (Fsp3) is 0.371. The van der Waals surface area contributed by atoms with E-state index in [1.165, 1.54) is 201 Å². The minimum atomic E-state index is -1.21. The van der Waals surface area contributed by atoms with E-state index in [0.717, 1.165) is 34.4 Å². The molecule has 0 spiro atoms. The molecular weight excluding hydrogens is 1210 g/mol. The van der Waals surface area contributed by atoms with Crippen molar-refractivity contribution in [3.05, 3.63) is 207 Å². The molecule has 1 N–H and O–H groups in total. The molecule has 6 aromatic heterocycles. The number of aryl methyl sites for hydroxylation is 4. The lowest BCUT2D eigenvalue weighted by Gasteiger charge is -2.33. The van der Waals surface area contributed by atoms with Crippen LogP contribution in [-0.2, 0) is 36.7 Å². The molecule has 0 atom stereocenters. The third-order valence-electron chi connectivity index (χ3n) is 16.2. The van der Waals surface area contributed by atoms with Gasteiger partial charge in [-0.3, -0.25) is 0 Å². The minimum Gasteiger partial charge on any atom is -0.376 e. The van der Waals surface area contributed by atoms with Gasteiger partial charge in [0.1, 0.15) is 5.60 Å². The zero-order valence-corrected chi connectivity index (χ0v) is 54.6. The van der Waals surface area contributed by atoms with Gasteiger partial charge in [-0.15, -0.1) is 68.0 Å². The summed E-state index contributed by atoms with van der Waals surface area (Å²) >= 11 is 18.8. The van der Waals surface area contributed by atoms with E-state index in [-0.39, 0.29) is 5.41 Å². The third kappa shape index (κ3) is 12.9. The summed E-state index contributed by atoms with van der Waals surface area (Å²) in [4.78, 5) is 5.28. The number of rotatable bonds is 26. The maximum atomic E-state index is 12.8. The van der Waals surface area contributed by atoms with Crippen LogP contribution in [0.25, 0.3) is 38.3 Å². The van der Waals surface area contributed by atoms with Crippen molar-refractivity contribution < 1.29 is 5.11 Å². The zero-order chi connectivity index (χ0) is 54.8. The average Bonchev–Trinajstić information content (AvgIpc) is 3.87. The van der Waals surface area contributed by atoms with Crippen molar-refractivity contribution in [3.63, 3.8) is 0 Å². The Labute approximate surface area is 512 Å². The van der Waals surface area contributed by atoms with E-state index in [2.05, 4.69) is 198 Å².